The first-order valence-corrected chi connectivity index (χ1v) is 7.97. The highest BCUT2D eigenvalue weighted by molar-refractivity contribution is 5.74. The fourth-order valence-corrected chi connectivity index (χ4v) is 3.22. The van der Waals surface area contributed by atoms with Crippen LogP contribution in [0, 0.1) is 5.92 Å². The Morgan fingerprint density at radius 3 is 2.67 bits per heavy atom. The van der Waals surface area contributed by atoms with E-state index in [0.717, 1.165) is 32.5 Å². The summed E-state index contributed by atoms with van der Waals surface area (Å²) in [6.07, 6.45) is 2.63. The van der Waals surface area contributed by atoms with Crippen molar-refractivity contribution in [2.75, 3.05) is 24.5 Å². The third-order valence-corrected chi connectivity index (χ3v) is 4.36. The highest BCUT2D eigenvalue weighted by Gasteiger charge is 2.23. The molecule has 1 amide bonds. The summed E-state index contributed by atoms with van der Waals surface area (Å²) in [6, 6.07) is 8.98. The molecule has 0 spiro atoms. The molecule has 1 fully saturated rings. The van der Waals surface area contributed by atoms with Gasteiger partial charge in [-0.25, -0.2) is 0 Å². The van der Waals surface area contributed by atoms with Crippen molar-refractivity contribution >= 4 is 11.6 Å². The van der Waals surface area contributed by atoms with Crippen molar-refractivity contribution in [3.05, 3.63) is 29.8 Å². The molecule has 0 aromatic heterocycles. The van der Waals surface area contributed by atoms with Gasteiger partial charge in [0.1, 0.15) is 0 Å². The maximum atomic E-state index is 11.0. The number of carbonyl (C=O) groups excluding carboxylic acids is 1. The van der Waals surface area contributed by atoms with Crippen LogP contribution in [0.25, 0.3) is 0 Å². The Bertz CT molecular complexity index is 467. The van der Waals surface area contributed by atoms with Crippen LogP contribution in [0.15, 0.2) is 24.3 Å². The maximum Gasteiger partial charge on any atom is 0.217 e. The molecular weight excluding hydrogens is 262 g/mol. The Hall–Kier alpha value is -1.55. The van der Waals surface area contributed by atoms with E-state index in [2.05, 4.69) is 48.3 Å². The van der Waals surface area contributed by atoms with Crippen LogP contribution in [0.2, 0.25) is 0 Å². The standard InChI is InChI=1S/C17H27N3O/c1-3-19-13(2)15-6-4-5-7-16(15)20-10-8-14(9-11-20)12-17(18)21/h4-7,13-14,19H,3,8-12H2,1-2H3,(H2,18,21). The zero-order valence-corrected chi connectivity index (χ0v) is 13.1. The van der Waals surface area contributed by atoms with Crippen LogP contribution < -0.4 is 16.0 Å². The van der Waals surface area contributed by atoms with Gasteiger partial charge >= 0.3 is 0 Å². The molecule has 4 nitrogen and oxygen atoms in total. The molecular formula is C17H27N3O. The Labute approximate surface area is 127 Å². The van der Waals surface area contributed by atoms with Gasteiger partial charge in [0.15, 0.2) is 0 Å². The number of benzene rings is 1. The first-order valence-electron chi connectivity index (χ1n) is 7.97. The average molecular weight is 289 g/mol. The molecule has 1 atom stereocenters. The molecule has 1 heterocycles. The average Bonchev–Trinajstić information content (AvgIpc) is 2.48. The molecule has 116 valence electrons. The van der Waals surface area contributed by atoms with E-state index in [9.17, 15) is 4.79 Å². The number of hydrogen-bond acceptors (Lipinski definition) is 3. The lowest BCUT2D eigenvalue weighted by molar-refractivity contribution is -0.119. The third kappa shape index (κ3) is 4.21. The van der Waals surface area contributed by atoms with Crippen LogP contribution in [-0.4, -0.2) is 25.5 Å². The molecule has 1 aromatic rings. The monoisotopic (exact) mass is 289 g/mol. The van der Waals surface area contributed by atoms with E-state index >= 15 is 0 Å². The minimum absolute atomic E-state index is 0.172. The van der Waals surface area contributed by atoms with E-state index in [4.69, 9.17) is 5.73 Å². The van der Waals surface area contributed by atoms with Gasteiger partial charge in [0.05, 0.1) is 0 Å². The third-order valence-electron chi connectivity index (χ3n) is 4.36. The van der Waals surface area contributed by atoms with Gasteiger partial charge in [0, 0.05) is 31.2 Å². The maximum absolute atomic E-state index is 11.0. The SMILES string of the molecule is CCNC(C)c1ccccc1N1CCC(CC(N)=O)CC1. The number of nitrogens with one attached hydrogen (secondary N) is 1. The van der Waals surface area contributed by atoms with E-state index in [0.29, 0.717) is 18.4 Å². The molecule has 4 heteroatoms. The molecule has 0 radical (unpaired) electrons. The number of anilines is 1. The Kier molecular flexibility index (Phi) is 5.62. The topological polar surface area (TPSA) is 58.4 Å². The molecule has 1 aliphatic heterocycles. The number of para-hydroxylation sites is 1. The highest BCUT2D eigenvalue weighted by atomic mass is 16.1. The number of nitrogens with zero attached hydrogens (tertiary/aromatic N) is 1. The van der Waals surface area contributed by atoms with E-state index in [1.54, 1.807) is 0 Å². The van der Waals surface area contributed by atoms with Crippen molar-refractivity contribution < 1.29 is 4.79 Å². The Morgan fingerprint density at radius 1 is 1.38 bits per heavy atom. The van der Waals surface area contributed by atoms with Gasteiger partial charge < -0.3 is 16.0 Å². The lowest BCUT2D eigenvalue weighted by Crippen LogP contribution is -2.36. The van der Waals surface area contributed by atoms with Gasteiger partial charge in [-0.15, -0.1) is 0 Å². The fraction of sp³-hybridized carbons (Fsp3) is 0.588. The molecule has 1 unspecified atom stereocenters. The predicted octanol–water partition coefficient (Wildman–Crippen LogP) is 2.45. The fourth-order valence-electron chi connectivity index (χ4n) is 3.22. The van der Waals surface area contributed by atoms with E-state index in [1.807, 2.05) is 0 Å². The first kappa shape index (κ1) is 15.8. The molecule has 1 saturated heterocycles. The van der Waals surface area contributed by atoms with Gasteiger partial charge in [-0.05, 0) is 43.9 Å². The molecule has 2 rings (SSSR count). The number of carbonyl (C=O) groups is 1. The van der Waals surface area contributed by atoms with Crippen molar-refractivity contribution in [1.82, 2.24) is 5.32 Å². The van der Waals surface area contributed by atoms with Gasteiger partial charge in [0.2, 0.25) is 5.91 Å². The summed E-state index contributed by atoms with van der Waals surface area (Å²) < 4.78 is 0. The molecule has 1 aliphatic rings. The number of primary amides is 1. The summed E-state index contributed by atoms with van der Waals surface area (Å²) in [5, 5.41) is 3.49. The molecule has 0 bridgehead atoms. The first-order chi connectivity index (χ1) is 10.1. The largest absolute Gasteiger partial charge is 0.371 e. The highest BCUT2D eigenvalue weighted by Crippen LogP contribution is 2.30. The van der Waals surface area contributed by atoms with Crippen molar-refractivity contribution in [2.24, 2.45) is 11.7 Å². The number of nitrogens with two attached hydrogens (primary N) is 1. The number of hydrogen-bond donors (Lipinski definition) is 2. The zero-order chi connectivity index (χ0) is 15.2. The van der Waals surface area contributed by atoms with E-state index in [-0.39, 0.29) is 5.91 Å². The summed E-state index contributed by atoms with van der Waals surface area (Å²) in [5.74, 6) is 0.284. The van der Waals surface area contributed by atoms with Crippen molar-refractivity contribution in [1.29, 1.82) is 0 Å². The molecule has 0 saturated carbocycles. The molecule has 0 aliphatic carbocycles. The van der Waals surface area contributed by atoms with Gasteiger partial charge in [-0.3, -0.25) is 4.79 Å². The molecule has 21 heavy (non-hydrogen) atoms. The van der Waals surface area contributed by atoms with Crippen LogP contribution >= 0.6 is 0 Å². The van der Waals surface area contributed by atoms with Crippen LogP contribution in [-0.2, 0) is 4.79 Å². The molecule has 1 aromatic carbocycles. The second kappa shape index (κ2) is 7.46. The Morgan fingerprint density at radius 2 is 2.05 bits per heavy atom. The van der Waals surface area contributed by atoms with Gasteiger partial charge in [0.25, 0.3) is 0 Å². The van der Waals surface area contributed by atoms with Gasteiger partial charge in [-0.1, -0.05) is 25.1 Å². The normalized spacial score (nSPS) is 17.7. The number of piperidine rings is 1. The van der Waals surface area contributed by atoms with Crippen LogP contribution in [0.5, 0.6) is 0 Å². The van der Waals surface area contributed by atoms with Crippen LogP contribution in [0.3, 0.4) is 0 Å². The van der Waals surface area contributed by atoms with Crippen molar-refractivity contribution in [3.63, 3.8) is 0 Å². The lowest BCUT2D eigenvalue weighted by Gasteiger charge is -2.35. The summed E-state index contributed by atoms with van der Waals surface area (Å²) in [4.78, 5) is 13.5. The van der Waals surface area contributed by atoms with Crippen molar-refractivity contribution in [3.8, 4) is 0 Å². The minimum atomic E-state index is -0.172. The Balaban J connectivity index is 2.04. The predicted molar refractivity (Wildman–Crippen MR) is 87.3 cm³/mol. The van der Waals surface area contributed by atoms with Crippen LogP contribution in [0.1, 0.15) is 44.7 Å². The van der Waals surface area contributed by atoms with E-state index < -0.39 is 0 Å². The zero-order valence-electron chi connectivity index (χ0n) is 13.1. The second-order valence-electron chi connectivity index (χ2n) is 5.94. The summed E-state index contributed by atoms with van der Waals surface area (Å²) >= 11 is 0. The second-order valence-corrected chi connectivity index (χ2v) is 5.94. The summed E-state index contributed by atoms with van der Waals surface area (Å²) in [5.41, 5.74) is 7.98. The minimum Gasteiger partial charge on any atom is -0.371 e. The smallest absolute Gasteiger partial charge is 0.217 e. The van der Waals surface area contributed by atoms with E-state index in [1.165, 1.54) is 11.3 Å². The van der Waals surface area contributed by atoms with Crippen molar-refractivity contribution in [2.45, 2.75) is 39.2 Å². The lowest BCUT2D eigenvalue weighted by atomic mass is 9.92. The molecule has 3 N–H and O–H groups in total. The van der Waals surface area contributed by atoms with Gasteiger partial charge in [-0.2, -0.15) is 0 Å². The quantitative estimate of drug-likeness (QED) is 0.845. The number of amides is 1. The number of rotatable bonds is 6. The summed E-state index contributed by atoms with van der Waals surface area (Å²) in [7, 11) is 0. The summed E-state index contributed by atoms with van der Waals surface area (Å²) in [6.45, 7) is 7.33. The van der Waals surface area contributed by atoms with Crippen LogP contribution in [0.4, 0.5) is 5.69 Å².